The predicted molar refractivity (Wildman–Crippen MR) is 107 cm³/mol. The largest absolute Gasteiger partial charge is 0.433 e. The Morgan fingerprint density at radius 2 is 1.89 bits per heavy atom. The van der Waals surface area contributed by atoms with Crippen LogP contribution in [0.1, 0.15) is 11.1 Å². The van der Waals surface area contributed by atoms with Gasteiger partial charge in [0.15, 0.2) is 5.11 Å². The maximum atomic E-state index is 13.3. The molecule has 3 rings (SSSR count). The lowest BCUT2D eigenvalue weighted by Gasteiger charge is -2.36. The van der Waals surface area contributed by atoms with Gasteiger partial charge >= 0.3 is 6.61 Å². The van der Waals surface area contributed by atoms with E-state index in [1.807, 2.05) is 11.0 Å². The molecule has 0 unspecified atom stereocenters. The van der Waals surface area contributed by atoms with Gasteiger partial charge in [0, 0.05) is 32.7 Å². The zero-order chi connectivity index (χ0) is 20.1. The molecule has 0 aliphatic carbocycles. The van der Waals surface area contributed by atoms with Gasteiger partial charge in [0.25, 0.3) is 0 Å². The Morgan fingerprint density at radius 3 is 2.57 bits per heavy atom. The van der Waals surface area contributed by atoms with Crippen LogP contribution in [0.15, 0.2) is 42.5 Å². The highest BCUT2D eigenvalue weighted by atomic mass is 32.1. The van der Waals surface area contributed by atoms with Gasteiger partial charge in [-0.15, -0.1) is 0 Å². The molecule has 0 aromatic heterocycles. The molecule has 0 radical (unpaired) electrons. The molecule has 8 heteroatoms. The van der Waals surface area contributed by atoms with Crippen LogP contribution in [0.25, 0.3) is 0 Å². The Kier molecular flexibility index (Phi) is 6.74. The van der Waals surface area contributed by atoms with Crippen LogP contribution in [0.2, 0.25) is 0 Å². The van der Waals surface area contributed by atoms with Crippen LogP contribution in [-0.2, 0) is 6.54 Å². The number of anilines is 1. The zero-order valence-corrected chi connectivity index (χ0v) is 16.3. The molecule has 0 amide bonds. The Bertz CT molecular complexity index is 826. The molecular formula is C20H22F3N3OS. The fraction of sp³-hybridized carbons (Fsp3) is 0.350. The SMILES string of the molecule is Cc1ccc(NC(=S)N2CCN(Cc3cccc(F)c3)CC2)c(OC(F)F)c1. The summed E-state index contributed by atoms with van der Waals surface area (Å²) in [4.78, 5) is 4.22. The van der Waals surface area contributed by atoms with Crippen molar-refractivity contribution in [2.24, 2.45) is 0 Å². The molecule has 1 fully saturated rings. The van der Waals surface area contributed by atoms with E-state index in [1.165, 1.54) is 6.07 Å². The van der Waals surface area contributed by atoms with Crippen molar-refractivity contribution >= 4 is 23.0 Å². The second kappa shape index (κ2) is 9.25. The average molecular weight is 409 g/mol. The zero-order valence-electron chi connectivity index (χ0n) is 15.5. The molecule has 0 saturated carbocycles. The number of aryl methyl sites for hydroxylation is 1. The standard InChI is InChI=1S/C20H22F3N3OS/c1-14-5-6-17(18(11-14)27-19(22)23)24-20(28)26-9-7-25(8-10-26)13-15-3-2-4-16(21)12-15/h2-6,11-12,19H,7-10,13H2,1H3,(H,24,28). The number of hydrogen-bond donors (Lipinski definition) is 1. The van der Waals surface area contributed by atoms with Crippen LogP contribution >= 0.6 is 12.2 Å². The van der Waals surface area contributed by atoms with E-state index in [9.17, 15) is 13.2 Å². The van der Waals surface area contributed by atoms with E-state index in [0.717, 1.165) is 24.2 Å². The van der Waals surface area contributed by atoms with Gasteiger partial charge in [-0.3, -0.25) is 4.90 Å². The summed E-state index contributed by atoms with van der Waals surface area (Å²) in [6.07, 6.45) is 0. The molecule has 1 heterocycles. The fourth-order valence-electron chi connectivity index (χ4n) is 3.12. The Morgan fingerprint density at radius 1 is 1.14 bits per heavy atom. The minimum atomic E-state index is -2.90. The number of piperazine rings is 1. The molecule has 1 aliphatic heterocycles. The molecule has 28 heavy (non-hydrogen) atoms. The molecular weight excluding hydrogens is 387 g/mol. The number of ether oxygens (including phenoxy) is 1. The molecule has 150 valence electrons. The molecule has 2 aromatic carbocycles. The highest BCUT2D eigenvalue weighted by Crippen LogP contribution is 2.28. The first-order chi connectivity index (χ1) is 13.4. The summed E-state index contributed by atoms with van der Waals surface area (Å²) in [6, 6.07) is 11.6. The van der Waals surface area contributed by atoms with Crippen molar-refractivity contribution < 1.29 is 17.9 Å². The first kappa shape index (κ1) is 20.4. The second-order valence-electron chi connectivity index (χ2n) is 6.70. The van der Waals surface area contributed by atoms with Gasteiger partial charge < -0.3 is 15.0 Å². The lowest BCUT2D eigenvalue weighted by molar-refractivity contribution is -0.0493. The second-order valence-corrected chi connectivity index (χ2v) is 7.09. The molecule has 0 spiro atoms. The number of benzene rings is 2. The topological polar surface area (TPSA) is 27.7 Å². The highest BCUT2D eigenvalue weighted by Gasteiger charge is 2.20. The number of nitrogens with zero attached hydrogens (tertiary/aromatic N) is 2. The van der Waals surface area contributed by atoms with Crippen molar-refractivity contribution in [2.75, 3.05) is 31.5 Å². The third-order valence-electron chi connectivity index (χ3n) is 4.55. The maximum Gasteiger partial charge on any atom is 0.387 e. The number of halogens is 3. The lowest BCUT2D eigenvalue weighted by atomic mass is 10.2. The van der Waals surface area contributed by atoms with E-state index in [2.05, 4.69) is 15.0 Å². The predicted octanol–water partition coefficient (Wildman–Crippen LogP) is 4.25. The van der Waals surface area contributed by atoms with Gasteiger partial charge in [0.05, 0.1) is 5.69 Å². The Labute approximate surface area is 167 Å². The summed E-state index contributed by atoms with van der Waals surface area (Å²) >= 11 is 5.45. The average Bonchev–Trinajstić information content (AvgIpc) is 2.64. The first-order valence-corrected chi connectivity index (χ1v) is 9.40. The molecule has 1 N–H and O–H groups in total. The fourth-order valence-corrected chi connectivity index (χ4v) is 3.42. The van der Waals surface area contributed by atoms with E-state index in [-0.39, 0.29) is 11.6 Å². The van der Waals surface area contributed by atoms with E-state index in [0.29, 0.717) is 30.4 Å². The van der Waals surface area contributed by atoms with Crippen LogP contribution in [-0.4, -0.2) is 47.7 Å². The molecule has 0 atom stereocenters. The maximum absolute atomic E-state index is 13.3. The van der Waals surface area contributed by atoms with E-state index in [1.54, 1.807) is 37.3 Å². The van der Waals surface area contributed by atoms with Gasteiger partial charge in [-0.2, -0.15) is 8.78 Å². The molecule has 2 aromatic rings. The monoisotopic (exact) mass is 409 g/mol. The number of hydrogen-bond acceptors (Lipinski definition) is 3. The third-order valence-corrected chi connectivity index (χ3v) is 4.91. The number of thiocarbonyl (C=S) groups is 1. The minimum absolute atomic E-state index is 0.0714. The first-order valence-electron chi connectivity index (χ1n) is 8.99. The lowest BCUT2D eigenvalue weighted by Crippen LogP contribution is -2.49. The van der Waals surface area contributed by atoms with Gasteiger partial charge in [0.1, 0.15) is 11.6 Å². The minimum Gasteiger partial charge on any atom is -0.433 e. The normalized spacial score (nSPS) is 15.0. The van der Waals surface area contributed by atoms with Crippen molar-refractivity contribution in [1.82, 2.24) is 9.80 Å². The summed E-state index contributed by atoms with van der Waals surface area (Å²) in [5.74, 6) is -0.163. The van der Waals surface area contributed by atoms with Crippen LogP contribution in [0.5, 0.6) is 5.75 Å². The summed E-state index contributed by atoms with van der Waals surface area (Å²) in [7, 11) is 0. The van der Waals surface area contributed by atoms with Crippen molar-refractivity contribution in [3.05, 3.63) is 59.4 Å². The smallest absolute Gasteiger partial charge is 0.387 e. The summed E-state index contributed by atoms with van der Waals surface area (Å²) < 4.78 is 43.2. The molecule has 4 nitrogen and oxygen atoms in total. The molecule has 1 aliphatic rings. The van der Waals surface area contributed by atoms with E-state index < -0.39 is 6.61 Å². The highest BCUT2D eigenvalue weighted by molar-refractivity contribution is 7.80. The number of rotatable bonds is 5. The summed E-state index contributed by atoms with van der Waals surface area (Å²) in [6.45, 7) is 2.51. The third kappa shape index (κ3) is 5.59. The van der Waals surface area contributed by atoms with Crippen molar-refractivity contribution in [1.29, 1.82) is 0 Å². The van der Waals surface area contributed by atoms with Crippen molar-refractivity contribution in [2.45, 2.75) is 20.1 Å². The molecule has 0 bridgehead atoms. The van der Waals surface area contributed by atoms with Crippen molar-refractivity contribution in [3.8, 4) is 5.75 Å². The van der Waals surface area contributed by atoms with Gasteiger partial charge in [-0.1, -0.05) is 18.2 Å². The Balaban J connectivity index is 1.55. The summed E-state index contributed by atoms with van der Waals surface area (Å²) in [5, 5.41) is 3.48. The summed E-state index contributed by atoms with van der Waals surface area (Å²) in [5.41, 5.74) is 2.17. The Hall–Kier alpha value is -2.32. The quantitative estimate of drug-likeness (QED) is 0.746. The van der Waals surface area contributed by atoms with Crippen LogP contribution in [0.4, 0.5) is 18.9 Å². The molecule has 1 saturated heterocycles. The van der Waals surface area contributed by atoms with E-state index in [4.69, 9.17) is 12.2 Å². The van der Waals surface area contributed by atoms with Gasteiger partial charge in [0.2, 0.25) is 0 Å². The van der Waals surface area contributed by atoms with E-state index >= 15 is 0 Å². The van der Waals surface area contributed by atoms with Crippen LogP contribution < -0.4 is 10.1 Å². The van der Waals surface area contributed by atoms with Gasteiger partial charge in [-0.25, -0.2) is 4.39 Å². The van der Waals surface area contributed by atoms with Crippen LogP contribution in [0.3, 0.4) is 0 Å². The van der Waals surface area contributed by atoms with Crippen LogP contribution in [0, 0.1) is 12.7 Å². The number of nitrogens with one attached hydrogen (secondary N) is 1. The number of alkyl halides is 2. The van der Waals surface area contributed by atoms with Gasteiger partial charge in [-0.05, 0) is 54.5 Å². The van der Waals surface area contributed by atoms with Crippen molar-refractivity contribution in [3.63, 3.8) is 0 Å².